The number of hydrogen-bond acceptors (Lipinski definition) is 3. The highest BCUT2D eigenvalue weighted by atomic mass is 35.5. The van der Waals surface area contributed by atoms with Gasteiger partial charge in [-0.3, -0.25) is 0 Å². The normalized spacial score (nSPS) is 10.6. The number of halogens is 2. The fourth-order valence-electron chi connectivity index (χ4n) is 1.93. The van der Waals surface area contributed by atoms with E-state index in [2.05, 4.69) is 4.98 Å². The van der Waals surface area contributed by atoms with E-state index < -0.39 is 5.97 Å². The van der Waals surface area contributed by atoms with Crippen LogP contribution in [0.1, 0.15) is 21.6 Å². The number of rotatable bonds is 2. The van der Waals surface area contributed by atoms with Crippen LogP contribution in [-0.2, 0) is 0 Å². The number of carboxylic acid groups (broad SMARTS) is 1. The third-order valence-electron chi connectivity index (χ3n) is 3.04. The number of hydrogen-bond donors (Lipinski definition) is 2. The molecule has 0 saturated heterocycles. The van der Waals surface area contributed by atoms with Gasteiger partial charge < -0.3 is 10.8 Å². The second-order valence-corrected chi connectivity index (χ2v) is 4.81. The monoisotopic (exact) mass is 294 g/mol. The quantitative estimate of drug-likeness (QED) is 0.889. The third-order valence-corrected chi connectivity index (χ3v) is 3.44. The summed E-state index contributed by atoms with van der Waals surface area (Å²) in [6, 6.07) is 4.71. The van der Waals surface area contributed by atoms with Crippen LogP contribution in [0, 0.1) is 19.7 Å². The van der Waals surface area contributed by atoms with Crippen LogP contribution in [0.4, 0.5) is 10.1 Å². The van der Waals surface area contributed by atoms with E-state index in [0.717, 1.165) is 0 Å². The lowest BCUT2D eigenvalue weighted by Crippen LogP contribution is -2.06. The fourth-order valence-corrected chi connectivity index (χ4v) is 2.10. The number of aromatic nitrogens is 1. The summed E-state index contributed by atoms with van der Waals surface area (Å²) >= 11 is 5.80. The van der Waals surface area contributed by atoms with Crippen molar-refractivity contribution in [2.75, 3.05) is 5.73 Å². The molecule has 0 unspecified atom stereocenters. The lowest BCUT2D eigenvalue weighted by Gasteiger charge is -2.11. The van der Waals surface area contributed by atoms with Crippen LogP contribution in [-0.4, -0.2) is 16.1 Å². The molecule has 0 aliphatic heterocycles. The van der Waals surface area contributed by atoms with Gasteiger partial charge in [0.1, 0.15) is 5.82 Å². The molecule has 0 atom stereocenters. The number of pyridine rings is 1. The van der Waals surface area contributed by atoms with Gasteiger partial charge in [0.05, 0.1) is 16.4 Å². The molecule has 0 saturated carbocycles. The van der Waals surface area contributed by atoms with Crippen molar-refractivity contribution in [3.8, 4) is 11.3 Å². The van der Waals surface area contributed by atoms with Crippen LogP contribution in [0.5, 0.6) is 0 Å². The van der Waals surface area contributed by atoms with E-state index in [1.54, 1.807) is 26.0 Å². The molecule has 1 aromatic carbocycles. The van der Waals surface area contributed by atoms with E-state index in [1.165, 1.54) is 6.07 Å². The minimum atomic E-state index is -1.28. The zero-order valence-electron chi connectivity index (χ0n) is 10.9. The third kappa shape index (κ3) is 2.32. The van der Waals surface area contributed by atoms with Gasteiger partial charge in [-0.2, -0.15) is 0 Å². The first-order chi connectivity index (χ1) is 9.32. The summed E-state index contributed by atoms with van der Waals surface area (Å²) in [7, 11) is 0. The zero-order chi connectivity index (χ0) is 15.0. The van der Waals surface area contributed by atoms with E-state index in [4.69, 9.17) is 22.4 Å². The average Bonchev–Trinajstić information content (AvgIpc) is 2.39. The van der Waals surface area contributed by atoms with Crippen molar-refractivity contribution in [1.29, 1.82) is 0 Å². The topological polar surface area (TPSA) is 76.2 Å². The van der Waals surface area contributed by atoms with Gasteiger partial charge in [-0.1, -0.05) is 23.7 Å². The predicted molar refractivity (Wildman–Crippen MR) is 75.5 cm³/mol. The molecule has 2 aromatic rings. The standard InChI is InChI=1S/C14H12ClFN2O2/c1-6-3-4-8(7(2)12(6)16)10-5-9(17)11(15)13(18-10)14(19)20/h3-5H,1-2H3,(H2,17,18)(H,19,20). The van der Waals surface area contributed by atoms with Gasteiger partial charge in [0.15, 0.2) is 5.69 Å². The Balaban J connectivity index is 2.71. The summed E-state index contributed by atoms with van der Waals surface area (Å²) in [4.78, 5) is 15.0. The number of nitrogen functional groups attached to an aromatic ring is 1. The molecule has 2 rings (SSSR count). The Labute approximate surface area is 120 Å². The van der Waals surface area contributed by atoms with Crippen molar-refractivity contribution in [2.45, 2.75) is 13.8 Å². The number of aromatic carboxylic acids is 1. The Kier molecular flexibility index (Phi) is 3.63. The maximum atomic E-state index is 13.9. The Hall–Kier alpha value is -2.14. The molecule has 4 nitrogen and oxygen atoms in total. The molecule has 0 bridgehead atoms. The van der Waals surface area contributed by atoms with E-state index in [-0.39, 0.29) is 27.9 Å². The number of benzene rings is 1. The fraction of sp³-hybridized carbons (Fsp3) is 0.143. The zero-order valence-corrected chi connectivity index (χ0v) is 11.6. The molecule has 1 heterocycles. The second kappa shape index (κ2) is 5.09. The summed E-state index contributed by atoms with van der Waals surface area (Å²) in [5, 5.41) is 8.93. The average molecular weight is 295 g/mol. The second-order valence-electron chi connectivity index (χ2n) is 4.43. The van der Waals surface area contributed by atoms with E-state index >= 15 is 0 Å². The highest BCUT2D eigenvalue weighted by molar-refractivity contribution is 6.35. The summed E-state index contributed by atoms with van der Waals surface area (Å²) in [6.45, 7) is 3.25. The van der Waals surface area contributed by atoms with E-state index in [9.17, 15) is 9.18 Å². The maximum Gasteiger partial charge on any atom is 0.356 e. The van der Waals surface area contributed by atoms with Crippen LogP contribution in [0.3, 0.4) is 0 Å². The van der Waals surface area contributed by atoms with Crippen LogP contribution in [0.25, 0.3) is 11.3 Å². The van der Waals surface area contributed by atoms with Crippen molar-refractivity contribution in [1.82, 2.24) is 4.98 Å². The molecule has 104 valence electrons. The number of nitrogens with zero attached hydrogens (tertiary/aromatic N) is 1. The van der Waals surface area contributed by atoms with Crippen molar-refractivity contribution in [3.63, 3.8) is 0 Å². The highest BCUT2D eigenvalue weighted by Crippen LogP contribution is 2.31. The van der Waals surface area contributed by atoms with Gasteiger partial charge in [0.2, 0.25) is 0 Å². The van der Waals surface area contributed by atoms with E-state index in [1.807, 2.05) is 0 Å². The molecule has 3 N–H and O–H groups in total. The highest BCUT2D eigenvalue weighted by Gasteiger charge is 2.18. The minimum absolute atomic E-state index is 0.0921. The first-order valence-electron chi connectivity index (χ1n) is 5.78. The van der Waals surface area contributed by atoms with Crippen LogP contribution >= 0.6 is 11.6 Å². The number of nitrogens with two attached hydrogens (primary N) is 1. The predicted octanol–water partition coefficient (Wildman–Crippen LogP) is 3.44. The number of anilines is 1. The van der Waals surface area contributed by atoms with Crippen LogP contribution in [0.15, 0.2) is 18.2 Å². The van der Waals surface area contributed by atoms with Gasteiger partial charge >= 0.3 is 5.97 Å². The molecule has 0 aliphatic rings. The van der Waals surface area contributed by atoms with Gasteiger partial charge in [0, 0.05) is 5.56 Å². The molecule has 1 aromatic heterocycles. The first kappa shape index (κ1) is 14.3. The number of carbonyl (C=O) groups is 1. The van der Waals surface area contributed by atoms with Gasteiger partial charge in [0.25, 0.3) is 0 Å². The number of carboxylic acids is 1. The maximum absolute atomic E-state index is 13.9. The molecule has 0 fully saturated rings. The lowest BCUT2D eigenvalue weighted by atomic mass is 10.0. The largest absolute Gasteiger partial charge is 0.476 e. The van der Waals surface area contributed by atoms with Gasteiger partial charge in [-0.15, -0.1) is 0 Å². The molecule has 0 amide bonds. The minimum Gasteiger partial charge on any atom is -0.476 e. The molecular formula is C14H12ClFN2O2. The molecular weight excluding hydrogens is 283 g/mol. The lowest BCUT2D eigenvalue weighted by molar-refractivity contribution is 0.0691. The van der Waals surface area contributed by atoms with E-state index in [0.29, 0.717) is 16.7 Å². The molecule has 0 aliphatic carbocycles. The summed E-state index contributed by atoms with van der Waals surface area (Å²) in [5.41, 5.74) is 7.09. The Bertz CT molecular complexity index is 717. The smallest absolute Gasteiger partial charge is 0.356 e. The molecule has 6 heteroatoms. The molecule has 0 spiro atoms. The Morgan fingerprint density at radius 1 is 1.40 bits per heavy atom. The summed E-state index contributed by atoms with van der Waals surface area (Å²) < 4.78 is 13.9. The Morgan fingerprint density at radius 2 is 2.05 bits per heavy atom. The van der Waals surface area contributed by atoms with Crippen LogP contribution in [0.2, 0.25) is 5.02 Å². The SMILES string of the molecule is Cc1ccc(-c2cc(N)c(Cl)c(C(=O)O)n2)c(C)c1F. The van der Waals surface area contributed by atoms with Crippen molar-refractivity contribution >= 4 is 23.3 Å². The summed E-state index contributed by atoms with van der Waals surface area (Å²) in [5.74, 6) is -1.64. The molecule has 0 radical (unpaired) electrons. The van der Waals surface area contributed by atoms with Gasteiger partial charge in [-0.05, 0) is 31.0 Å². The van der Waals surface area contributed by atoms with Gasteiger partial charge in [-0.25, -0.2) is 14.2 Å². The molecule has 20 heavy (non-hydrogen) atoms. The first-order valence-corrected chi connectivity index (χ1v) is 6.16. The van der Waals surface area contributed by atoms with Crippen molar-refractivity contribution in [3.05, 3.63) is 45.9 Å². The van der Waals surface area contributed by atoms with Crippen LogP contribution < -0.4 is 5.73 Å². The number of aryl methyl sites for hydroxylation is 1. The van der Waals surface area contributed by atoms with Crippen molar-refractivity contribution < 1.29 is 14.3 Å². The van der Waals surface area contributed by atoms with Crippen molar-refractivity contribution in [2.24, 2.45) is 0 Å². The Morgan fingerprint density at radius 3 is 2.65 bits per heavy atom. The summed E-state index contributed by atoms with van der Waals surface area (Å²) in [6.07, 6.45) is 0.